The van der Waals surface area contributed by atoms with E-state index in [1.807, 2.05) is 12.3 Å². The molecule has 0 aliphatic carbocycles. The molecule has 1 aliphatic rings. The minimum absolute atomic E-state index is 0.414. The van der Waals surface area contributed by atoms with E-state index in [1.54, 1.807) is 6.07 Å². The van der Waals surface area contributed by atoms with Gasteiger partial charge < -0.3 is 10.2 Å². The molecule has 2 heterocycles. The lowest BCUT2D eigenvalue weighted by Gasteiger charge is -2.11. The second-order valence-corrected chi connectivity index (χ2v) is 8.23. The lowest BCUT2D eigenvalue weighted by Crippen LogP contribution is -2.30. The van der Waals surface area contributed by atoms with Crippen molar-refractivity contribution >= 4 is 21.4 Å². The van der Waals surface area contributed by atoms with E-state index in [2.05, 4.69) is 22.0 Å². The van der Waals surface area contributed by atoms with Gasteiger partial charge in [-0.3, -0.25) is 0 Å². The third-order valence-corrected chi connectivity index (χ3v) is 6.44. The summed E-state index contributed by atoms with van der Waals surface area (Å²) < 4.78 is 27.6. The largest absolute Gasteiger partial charge is 0.313 e. The standard InChI is InChI=1S/C13H23N3O2S2/c1-3-14-7-12-6-13(19-10-12)20(17,18)15-8-11-4-5-16(2)9-11/h6,10-11,14-15H,3-5,7-9H2,1-2H3. The zero-order valence-electron chi connectivity index (χ0n) is 12.1. The van der Waals surface area contributed by atoms with Crippen LogP contribution in [0.4, 0.5) is 0 Å². The van der Waals surface area contributed by atoms with Crippen molar-refractivity contribution in [3.05, 3.63) is 17.0 Å². The van der Waals surface area contributed by atoms with Gasteiger partial charge in [0.15, 0.2) is 0 Å². The Morgan fingerprint density at radius 2 is 2.30 bits per heavy atom. The van der Waals surface area contributed by atoms with E-state index >= 15 is 0 Å². The lowest BCUT2D eigenvalue weighted by molar-refractivity contribution is 0.394. The molecule has 0 aromatic carbocycles. The van der Waals surface area contributed by atoms with Crippen molar-refractivity contribution in [2.75, 3.05) is 33.2 Å². The number of sulfonamides is 1. The Kier molecular flexibility index (Phi) is 5.57. The quantitative estimate of drug-likeness (QED) is 0.790. The zero-order chi connectivity index (χ0) is 14.6. The van der Waals surface area contributed by atoms with Gasteiger partial charge in [-0.25, -0.2) is 13.1 Å². The molecule has 0 bridgehead atoms. The maximum atomic E-state index is 12.2. The summed E-state index contributed by atoms with van der Waals surface area (Å²) in [5.41, 5.74) is 1.03. The Hall–Kier alpha value is -0.470. The summed E-state index contributed by atoms with van der Waals surface area (Å²) >= 11 is 1.29. The first-order valence-corrected chi connectivity index (χ1v) is 9.34. The van der Waals surface area contributed by atoms with Gasteiger partial charge in [0.25, 0.3) is 0 Å². The first-order chi connectivity index (χ1) is 9.51. The van der Waals surface area contributed by atoms with E-state index in [1.165, 1.54) is 11.3 Å². The maximum absolute atomic E-state index is 12.2. The van der Waals surface area contributed by atoms with Crippen LogP contribution in [-0.2, 0) is 16.6 Å². The predicted molar refractivity (Wildman–Crippen MR) is 82.5 cm³/mol. The number of likely N-dealkylation sites (tertiary alicyclic amines) is 1. The van der Waals surface area contributed by atoms with Crippen molar-refractivity contribution in [3.8, 4) is 0 Å². The second-order valence-electron chi connectivity index (χ2n) is 5.32. The Morgan fingerprint density at radius 3 is 2.95 bits per heavy atom. The van der Waals surface area contributed by atoms with Gasteiger partial charge in [-0.2, -0.15) is 0 Å². The van der Waals surface area contributed by atoms with Crippen molar-refractivity contribution in [1.82, 2.24) is 14.9 Å². The fraction of sp³-hybridized carbons (Fsp3) is 0.692. The summed E-state index contributed by atoms with van der Waals surface area (Å²) in [4.78, 5) is 2.23. The van der Waals surface area contributed by atoms with Crippen molar-refractivity contribution in [2.45, 2.75) is 24.1 Å². The summed E-state index contributed by atoms with van der Waals surface area (Å²) in [6.07, 6.45) is 1.06. The topological polar surface area (TPSA) is 61.4 Å². The van der Waals surface area contributed by atoms with E-state index < -0.39 is 10.0 Å². The number of hydrogen-bond donors (Lipinski definition) is 2. The van der Waals surface area contributed by atoms with Crippen LogP contribution in [0.5, 0.6) is 0 Å². The maximum Gasteiger partial charge on any atom is 0.250 e. The molecule has 1 aliphatic heterocycles. The number of nitrogens with zero attached hydrogens (tertiary/aromatic N) is 1. The molecule has 1 aromatic heterocycles. The average molecular weight is 317 g/mol. The highest BCUT2D eigenvalue weighted by atomic mass is 32.2. The summed E-state index contributed by atoms with van der Waals surface area (Å²) in [7, 11) is -1.28. The SMILES string of the molecule is CCNCc1csc(S(=O)(=O)NCC2CCN(C)C2)c1. The molecule has 20 heavy (non-hydrogen) atoms. The van der Waals surface area contributed by atoms with Crippen LogP contribution in [0.2, 0.25) is 0 Å². The van der Waals surface area contributed by atoms with Crippen molar-refractivity contribution in [2.24, 2.45) is 5.92 Å². The third-order valence-electron chi connectivity index (χ3n) is 3.52. The fourth-order valence-electron chi connectivity index (χ4n) is 2.35. The van der Waals surface area contributed by atoms with Gasteiger partial charge in [0.05, 0.1) is 0 Å². The summed E-state index contributed by atoms with van der Waals surface area (Å²) in [5, 5.41) is 5.10. The van der Waals surface area contributed by atoms with E-state index in [4.69, 9.17) is 0 Å². The van der Waals surface area contributed by atoms with E-state index in [0.717, 1.165) is 38.2 Å². The molecule has 0 saturated carbocycles. The fourth-order valence-corrected chi connectivity index (χ4v) is 4.72. The number of thiophene rings is 1. The molecule has 2 N–H and O–H groups in total. The molecular formula is C13H23N3O2S2. The molecule has 5 nitrogen and oxygen atoms in total. The minimum atomic E-state index is -3.35. The molecule has 0 amide bonds. The first kappa shape index (κ1) is 15.9. The zero-order valence-corrected chi connectivity index (χ0v) is 13.7. The van der Waals surface area contributed by atoms with E-state index in [0.29, 0.717) is 16.7 Å². The summed E-state index contributed by atoms with van der Waals surface area (Å²) in [5.74, 6) is 0.427. The molecule has 1 aromatic rings. The van der Waals surface area contributed by atoms with Crippen LogP contribution >= 0.6 is 11.3 Å². The van der Waals surface area contributed by atoms with Crippen molar-refractivity contribution in [1.29, 1.82) is 0 Å². The predicted octanol–water partition coefficient (Wildman–Crippen LogP) is 1.09. The van der Waals surface area contributed by atoms with Crippen molar-refractivity contribution < 1.29 is 8.42 Å². The molecule has 1 saturated heterocycles. The van der Waals surface area contributed by atoms with Crippen LogP contribution in [0.15, 0.2) is 15.7 Å². The van der Waals surface area contributed by atoms with Gasteiger partial charge in [0, 0.05) is 19.6 Å². The Morgan fingerprint density at radius 1 is 1.50 bits per heavy atom. The Labute approximate surface area is 125 Å². The van der Waals surface area contributed by atoms with Crippen LogP contribution in [0.25, 0.3) is 0 Å². The highest BCUT2D eigenvalue weighted by molar-refractivity contribution is 7.91. The summed E-state index contributed by atoms with van der Waals surface area (Å²) in [6.45, 7) is 6.19. The van der Waals surface area contributed by atoms with Crippen LogP contribution in [0.3, 0.4) is 0 Å². The second kappa shape index (κ2) is 7.00. The van der Waals surface area contributed by atoms with Crippen LogP contribution in [0.1, 0.15) is 18.9 Å². The first-order valence-electron chi connectivity index (χ1n) is 6.97. The number of rotatable bonds is 7. The third kappa shape index (κ3) is 4.26. The van der Waals surface area contributed by atoms with Gasteiger partial charge in [-0.05, 0) is 49.5 Å². The molecule has 1 fully saturated rings. The molecule has 2 rings (SSSR count). The molecule has 1 atom stereocenters. The average Bonchev–Trinajstić information content (AvgIpc) is 3.03. The van der Waals surface area contributed by atoms with Gasteiger partial charge in [0.2, 0.25) is 10.0 Å². The van der Waals surface area contributed by atoms with Gasteiger partial charge in [-0.15, -0.1) is 11.3 Å². The lowest BCUT2D eigenvalue weighted by atomic mass is 10.1. The van der Waals surface area contributed by atoms with Crippen LogP contribution in [-0.4, -0.2) is 46.5 Å². The smallest absolute Gasteiger partial charge is 0.250 e. The molecule has 0 radical (unpaired) electrons. The monoisotopic (exact) mass is 317 g/mol. The Bertz CT molecular complexity index is 527. The summed E-state index contributed by atoms with van der Waals surface area (Å²) in [6, 6.07) is 1.76. The van der Waals surface area contributed by atoms with Crippen molar-refractivity contribution in [3.63, 3.8) is 0 Å². The van der Waals surface area contributed by atoms with Crippen LogP contribution < -0.4 is 10.0 Å². The molecule has 114 valence electrons. The van der Waals surface area contributed by atoms with E-state index in [-0.39, 0.29) is 0 Å². The highest BCUT2D eigenvalue weighted by Gasteiger charge is 2.23. The molecule has 1 unspecified atom stereocenters. The van der Waals surface area contributed by atoms with Crippen LogP contribution in [0, 0.1) is 5.92 Å². The Balaban J connectivity index is 1.90. The van der Waals surface area contributed by atoms with Gasteiger partial charge in [-0.1, -0.05) is 6.92 Å². The van der Waals surface area contributed by atoms with Gasteiger partial charge in [0.1, 0.15) is 4.21 Å². The molecule has 0 spiro atoms. The van der Waals surface area contributed by atoms with Gasteiger partial charge >= 0.3 is 0 Å². The normalized spacial score (nSPS) is 20.6. The van der Waals surface area contributed by atoms with E-state index in [9.17, 15) is 8.42 Å². The number of nitrogens with one attached hydrogen (secondary N) is 2. The molecule has 7 heteroatoms. The highest BCUT2D eigenvalue weighted by Crippen LogP contribution is 2.21. The number of hydrogen-bond acceptors (Lipinski definition) is 5. The molecular weight excluding hydrogens is 294 g/mol. The minimum Gasteiger partial charge on any atom is -0.313 e.